The van der Waals surface area contributed by atoms with Crippen LogP contribution in [0.4, 0.5) is 5.13 Å². The van der Waals surface area contributed by atoms with E-state index < -0.39 is 53.8 Å². The van der Waals surface area contributed by atoms with Gasteiger partial charge in [-0.2, -0.15) is 0 Å². The van der Waals surface area contributed by atoms with Crippen molar-refractivity contribution in [1.29, 1.82) is 0 Å². The predicted octanol–water partition coefficient (Wildman–Crippen LogP) is 2.54. The third kappa shape index (κ3) is 6.05. The SMILES string of the molecule is CC(C)(C)C(=O)OCOC(=O)C1=C(Sc2ccncc2)CC[C@@H]2[C@H](NC(=O)C(=NO)c3nc(N)sc3Cl)C(=O)N12. The van der Waals surface area contributed by atoms with Gasteiger partial charge in [-0.15, -0.1) is 0 Å². The lowest BCUT2D eigenvalue weighted by Crippen LogP contribution is -2.72. The fraction of sp³-hybridized carbons (Fsp3) is 0.375. The second-order valence-electron chi connectivity index (χ2n) is 9.68. The lowest BCUT2D eigenvalue weighted by atomic mass is 9.86. The number of nitrogen functional groups attached to an aromatic ring is 1. The van der Waals surface area contributed by atoms with Gasteiger partial charge in [-0.05, 0) is 45.7 Å². The molecule has 16 heteroatoms. The van der Waals surface area contributed by atoms with Crippen LogP contribution in [-0.4, -0.2) is 68.4 Å². The van der Waals surface area contributed by atoms with E-state index in [2.05, 4.69) is 20.4 Å². The molecule has 2 amide bonds. The number of anilines is 1. The van der Waals surface area contributed by atoms with Gasteiger partial charge in [0.15, 0.2) is 10.8 Å². The lowest BCUT2D eigenvalue weighted by molar-refractivity contribution is -0.174. The van der Waals surface area contributed by atoms with E-state index in [9.17, 15) is 24.4 Å². The number of aromatic nitrogens is 2. The number of β-lactam (4-membered cyclic amide) rings is 1. The Morgan fingerprint density at radius 1 is 1.30 bits per heavy atom. The second-order valence-corrected chi connectivity index (χ2v) is 12.5. The quantitative estimate of drug-likeness (QED) is 0.0998. The highest BCUT2D eigenvalue weighted by Crippen LogP contribution is 2.43. The number of pyridine rings is 1. The Bertz CT molecular complexity index is 1410. The summed E-state index contributed by atoms with van der Waals surface area (Å²) in [6, 6.07) is 1.90. The van der Waals surface area contributed by atoms with Crippen LogP contribution in [0.25, 0.3) is 0 Å². The van der Waals surface area contributed by atoms with Crippen LogP contribution >= 0.6 is 34.7 Å². The molecule has 2 aliphatic rings. The molecule has 0 aliphatic carbocycles. The monoisotopic (exact) mass is 608 g/mol. The van der Waals surface area contributed by atoms with E-state index >= 15 is 0 Å². The van der Waals surface area contributed by atoms with E-state index in [0.717, 1.165) is 16.2 Å². The van der Waals surface area contributed by atoms with E-state index in [0.29, 0.717) is 17.7 Å². The predicted molar refractivity (Wildman–Crippen MR) is 145 cm³/mol. The summed E-state index contributed by atoms with van der Waals surface area (Å²) in [5.74, 6) is -2.89. The van der Waals surface area contributed by atoms with Gasteiger partial charge < -0.3 is 25.7 Å². The minimum atomic E-state index is -1.02. The molecule has 1 saturated heterocycles. The van der Waals surface area contributed by atoms with Crippen molar-refractivity contribution in [3.63, 3.8) is 0 Å². The molecule has 4 heterocycles. The summed E-state index contributed by atoms with van der Waals surface area (Å²) >= 11 is 8.21. The van der Waals surface area contributed by atoms with E-state index in [1.54, 1.807) is 45.3 Å². The normalized spacial score (nSPS) is 19.1. The first kappa shape index (κ1) is 29.3. The summed E-state index contributed by atoms with van der Waals surface area (Å²) in [5.41, 5.74) is 4.18. The zero-order valence-electron chi connectivity index (χ0n) is 21.5. The van der Waals surface area contributed by atoms with Crippen LogP contribution in [-0.2, 0) is 28.7 Å². The number of nitrogens with two attached hydrogens (primary N) is 1. The topological polar surface area (TPSA) is 186 Å². The van der Waals surface area contributed by atoms with Gasteiger partial charge >= 0.3 is 11.9 Å². The van der Waals surface area contributed by atoms with Gasteiger partial charge in [0.05, 0.1) is 11.5 Å². The van der Waals surface area contributed by atoms with Crippen molar-refractivity contribution in [3.8, 4) is 0 Å². The van der Waals surface area contributed by atoms with E-state index in [1.807, 2.05) is 0 Å². The second kappa shape index (κ2) is 11.8. The highest BCUT2D eigenvalue weighted by Gasteiger charge is 2.54. The molecule has 40 heavy (non-hydrogen) atoms. The van der Waals surface area contributed by atoms with Crippen LogP contribution in [0.2, 0.25) is 4.34 Å². The fourth-order valence-corrected chi connectivity index (χ4v) is 5.93. The number of ether oxygens (including phenoxy) is 2. The van der Waals surface area contributed by atoms with Crippen LogP contribution in [0, 0.1) is 5.41 Å². The summed E-state index contributed by atoms with van der Waals surface area (Å²) < 4.78 is 10.3. The molecule has 212 valence electrons. The third-order valence-corrected chi connectivity index (χ3v) is 8.13. The number of allylic oxidation sites excluding steroid dienone is 1. The Labute approximate surface area is 241 Å². The molecule has 0 bridgehead atoms. The molecule has 0 saturated carbocycles. The van der Waals surface area contributed by atoms with Gasteiger partial charge in [0, 0.05) is 22.2 Å². The van der Waals surface area contributed by atoms with E-state index in [-0.39, 0.29) is 20.9 Å². The number of oxime groups is 1. The Balaban J connectivity index is 1.53. The average molecular weight is 609 g/mol. The lowest BCUT2D eigenvalue weighted by Gasteiger charge is -2.50. The van der Waals surface area contributed by atoms with Crippen molar-refractivity contribution in [3.05, 3.63) is 45.2 Å². The molecular weight excluding hydrogens is 584 g/mol. The first-order valence-electron chi connectivity index (χ1n) is 11.9. The van der Waals surface area contributed by atoms with Crippen LogP contribution in [0.5, 0.6) is 0 Å². The minimum Gasteiger partial charge on any atom is -0.427 e. The Kier molecular flexibility index (Phi) is 8.65. The Morgan fingerprint density at radius 2 is 2.00 bits per heavy atom. The molecule has 4 N–H and O–H groups in total. The number of fused-ring (bicyclic) bond motifs is 1. The van der Waals surface area contributed by atoms with Gasteiger partial charge in [0.2, 0.25) is 6.79 Å². The number of carbonyl (C=O) groups is 4. The zero-order valence-corrected chi connectivity index (χ0v) is 23.9. The standard InChI is InChI=1S/C24H25ClN6O7S2/c1-24(2,3)22(35)38-10-37-21(34)17-13(39-11-6-8-27-9-7-11)5-4-12-14(20(33)31(12)17)28-19(32)16(30-36)15-18(25)40-23(26)29-15/h6-9,12,14,36H,4-5,10H2,1-3H3,(H2,26,29)(H,28,32)/t12-,14+/m1/s1. The number of carbonyl (C=O) groups excluding carboxylic acids is 4. The van der Waals surface area contributed by atoms with Gasteiger partial charge in [-0.25, -0.2) is 9.78 Å². The van der Waals surface area contributed by atoms with Crippen molar-refractivity contribution < 1.29 is 33.9 Å². The molecule has 0 radical (unpaired) electrons. The first-order chi connectivity index (χ1) is 18.9. The van der Waals surface area contributed by atoms with Crippen molar-refractivity contribution >= 4 is 69.3 Å². The molecule has 1 fully saturated rings. The highest BCUT2D eigenvalue weighted by atomic mass is 35.5. The number of thiazole rings is 1. The maximum absolute atomic E-state index is 13.3. The number of nitrogens with one attached hydrogen (secondary N) is 1. The Hall–Kier alpha value is -3.69. The number of amides is 2. The number of esters is 2. The summed E-state index contributed by atoms with van der Waals surface area (Å²) in [5, 5.41) is 15.0. The molecule has 2 aliphatic heterocycles. The van der Waals surface area contributed by atoms with Gasteiger partial charge in [0.25, 0.3) is 11.8 Å². The number of halogens is 1. The van der Waals surface area contributed by atoms with Crippen molar-refractivity contribution in [2.24, 2.45) is 10.6 Å². The Morgan fingerprint density at radius 3 is 2.60 bits per heavy atom. The van der Waals surface area contributed by atoms with Crippen LogP contribution in [0.15, 0.2) is 45.2 Å². The zero-order chi connectivity index (χ0) is 29.2. The molecule has 13 nitrogen and oxygen atoms in total. The number of rotatable bonds is 8. The molecule has 4 rings (SSSR count). The maximum atomic E-state index is 13.3. The van der Waals surface area contributed by atoms with E-state index in [1.165, 1.54) is 16.7 Å². The van der Waals surface area contributed by atoms with Crippen molar-refractivity contribution in [1.82, 2.24) is 20.2 Å². The maximum Gasteiger partial charge on any atom is 0.358 e. The van der Waals surface area contributed by atoms with Crippen LogP contribution in [0.3, 0.4) is 0 Å². The van der Waals surface area contributed by atoms with Crippen LogP contribution in [0.1, 0.15) is 39.3 Å². The van der Waals surface area contributed by atoms with Crippen molar-refractivity contribution in [2.75, 3.05) is 12.5 Å². The molecule has 0 unspecified atom stereocenters. The average Bonchev–Trinajstić information content (AvgIpc) is 3.24. The summed E-state index contributed by atoms with van der Waals surface area (Å²) in [4.78, 5) is 62.0. The van der Waals surface area contributed by atoms with Gasteiger partial charge in [0.1, 0.15) is 21.8 Å². The largest absolute Gasteiger partial charge is 0.427 e. The summed E-state index contributed by atoms with van der Waals surface area (Å²) in [6.07, 6.45) is 3.99. The van der Waals surface area contributed by atoms with Crippen molar-refractivity contribution in [2.45, 2.75) is 50.6 Å². The van der Waals surface area contributed by atoms with Gasteiger partial charge in [-0.3, -0.25) is 24.3 Å². The van der Waals surface area contributed by atoms with E-state index in [4.69, 9.17) is 26.8 Å². The summed E-state index contributed by atoms with van der Waals surface area (Å²) in [6.45, 7) is 4.34. The molecule has 0 aromatic carbocycles. The fourth-order valence-electron chi connectivity index (χ4n) is 3.96. The smallest absolute Gasteiger partial charge is 0.358 e. The van der Waals surface area contributed by atoms with Gasteiger partial charge in [-0.1, -0.05) is 39.9 Å². The molecule has 2 aromatic rings. The summed E-state index contributed by atoms with van der Waals surface area (Å²) in [7, 11) is 0. The highest BCUT2D eigenvalue weighted by molar-refractivity contribution is 8.03. The molecule has 0 spiro atoms. The number of hydrogen-bond donors (Lipinski definition) is 3. The molecule has 2 aromatic heterocycles. The number of hydrogen-bond acceptors (Lipinski definition) is 13. The third-order valence-electron chi connectivity index (χ3n) is 5.90. The first-order valence-corrected chi connectivity index (χ1v) is 13.9. The molecule has 2 atom stereocenters. The van der Waals surface area contributed by atoms with Crippen LogP contribution < -0.4 is 11.1 Å². The molecular formula is C24H25ClN6O7S2. The number of thioether (sulfide) groups is 1. The number of nitrogens with zero attached hydrogens (tertiary/aromatic N) is 4. The minimum absolute atomic E-state index is 0.00765.